The van der Waals surface area contributed by atoms with Gasteiger partial charge in [-0.25, -0.2) is 0 Å². The van der Waals surface area contributed by atoms with Gasteiger partial charge in [-0.15, -0.1) is 0 Å². The van der Waals surface area contributed by atoms with Crippen LogP contribution in [0.2, 0.25) is 96.2 Å². The van der Waals surface area contributed by atoms with Crippen LogP contribution in [0.1, 0.15) is 12.8 Å². The molecule has 0 aliphatic rings. The maximum Gasteiger partial charge on any atom is 0.500 e. The second-order valence-electron chi connectivity index (χ2n) is 14.5. The largest absolute Gasteiger partial charge is 0.500 e. The minimum atomic E-state index is -2.97. The summed E-state index contributed by atoms with van der Waals surface area (Å²) in [6.45, 7) is 26.3. The molecule has 12 nitrogen and oxygen atoms in total. The van der Waals surface area contributed by atoms with E-state index in [0.29, 0.717) is 57.2 Å². The number of hydrogen-bond acceptors (Lipinski definition) is 12. The van der Waals surface area contributed by atoms with Gasteiger partial charge in [0.25, 0.3) is 0 Å². The lowest BCUT2D eigenvalue weighted by Gasteiger charge is -2.46. The van der Waals surface area contributed by atoms with Crippen LogP contribution < -0.4 is 0 Å². The molecule has 278 valence electrons. The van der Waals surface area contributed by atoms with Crippen molar-refractivity contribution in [1.29, 1.82) is 0 Å². The number of ether oxygens (including phenoxy) is 3. The minimum absolute atomic E-state index is 0.00335. The normalized spacial score (nSPS) is 17.5. The smallest absolute Gasteiger partial charge is 0.437 e. The van der Waals surface area contributed by atoms with Crippen molar-refractivity contribution in [2.45, 2.75) is 109 Å². The number of aliphatic hydroxyl groups is 1. The molecule has 0 heterocycles. The first-order valence-electron chi connectivity index (χ1n) is 16.5. The van der Waals surface area contributed by atoms with Gasteiger partial charge in [-0.2, -0.15) is 0 Å². The Labute approximate surface area is 289 Å². The number of methoxy groups -OCH3 is 1. The van der Waals surface area contributed by atoms with Gasteiger partial charge in [0.1, 0.15) is 0 Å². The van der Waals surface area contributed by atoms with E-state index in [0.717, 1.165) is 12.8 Å². The summed E-state index contributed by atoms with van der Waals surface area (Å²) in [5, 5.41) is 9.19. The highest BCUT2D eigenvalue weighted by Crippen LogP contribution is 2.35. The molecule has 0 amide bonds. The molecule has 46 heavy (non-hydrogen) atoms. The molecule has 3 unspecified atom stereocenters. The summed E-state index contributed by atoms with van der Waals surface area (Å²) in [7, 11) is -11.5. The third-order valence-electron chi connectivity index (χ3n) is 6.72. The van der Waals surface area contributed by atoms with E-state index in [1.807, 2.05) is 0 Å². The van der Waals surface area contributed by atoms with Crippen LogP contribution in [-0.2, 0) is 48.1 Å². The van der Waals surface area contributed by atoms with Gasteiger partial charge in [-0.05, 0) is 103 Å². The van der Waals surface area contributed by atoms with Gasteiger partial charge in [-0.1, -0.05) is 0 Å². The van der Waals surface area contributed by atoms with Crippen LogP contribution in [0.4, 0.5) is 0 Å². The van der Waals surface area contributed by atoms with Crippen LogP contribution in [0, 0.1) is 0 Å². The van der Waals surface area contributed by atoms with Crippen molar-refractivity contribution < 1.29 is 53.2 Å². The standard InChI is InChI=1S/C27H70O12Si7/c1-29-22-23-34-20-17-25-44(14,39-45(15,36-41(8,9)10)26-27-46(30-2,31-3)32-4)38-43(13,24-16-19-33-21-18-28)37-42(11,12)35-40(5,6)7/h28H,16-27H2,1-15H3. The lowest BCUT2D eigenvalue weighted by Crippen LogP contribution is -2.62. The molecule has 0 bridgehead atoms. The van der Waals surface area contributed by atoms with E-state index in [1.165, 1.54) is 0 Å². The van der Waals surface area contributed by atoms with Crippen molar-refractivity contribution in [1.82, 2.24) is 0 Å². The van der Waals surface area contributed by atoms with Crippen LogP contribution in [-0.4, -0.2) is 133 Å². The molecule has 3 atom stereocenters. The molecule has 0 radical (unpaired) electrons. The van der Waals surface area contributed by atoms with Gasteiger partial charge in [0, 0.05) is 47.7 Å². The highest BCUT2D eigenvalue weighted by Gasteiger charge is 2.52. The molecular formula is C27H70O12Si7. The third-order valence-corrected chi connectivity index (χ3v) is 32.8. The first-order chi connectivity index (χ1) is 21.0. The van der Waals surface area contributed by atoms with Crippen molar-refractivity contribution in [3.8, 4) is 0 Å². The van der Waals surface area contributed by atoms with Gasteiger partial charge < -0.3 is 53.2 Å². The van der Waals surface area contributed by atoms with E-state index < -0.39 is 59.7 Å². The molecule has 0 saturated carbocycles. The number of hydrogen-bond donors (Lipinski definition) is 1. The van der Waals surface area contributed by atoms with Crippen LogP contribution in [0.5, 0.6) is 0 Å². The Bertz CT molecular complexity index is 809. The van der Waals surface area contributed by atoms with E-state index in [1.54, 1.807) is 28.4 Å². The summed E-state index contributed by atoms with van der Waals surface area (Å²) in [6, 6.07) is 2.64. The van der Waals surface area contributed by atoms with Crippen molar-refractivity contribution in [3.05, 3.63) is 0 Å². The fourth-order valence-electron chi connectivity index (χ4n) is 5.55. The molecule has 0 spiro atoms. The maximum absolute atomic E-state index is 9.19. The summed E-state index contributed by atoms with van der Waals surface area (Å²) in [5.41, 5.74) is 0. The second kappa shape index (κ2) is 21.4. The highest BCUT2D eigenvalue weighted by atomic mass is 28.5. The number of aliphatic hydroxyl groups excluding tert-OH is 1. The summed E-state index contributed by atoms with van der Waals surface area (Å²) in [6.07, 6.45) is 1.52. The van der Waals surface area contributed by atoms with Crippen LogP contribution in [0.25, 0.3) is 0 Å². The fraction of sp³-hybridized carbons (Fsp3) is 1.00. The molecular weight excluding hydrogens is 713 g/mol. The molecule has 0 aromatic carbocycles. The monoisotopic (exact) mass is 782 g/mol. The first kappa shape index (κ1) is 47.0. The van der Waals surface area contributed by atoms with Crippen molar-refractivity contribution in [3.63, 3.8) is 0 Å². The fourth-order valence-corrected chi connectivity index (χ4v) is 38.4. The molecule has 0 aromatic rings. The van der Waals surface area contributed by atoms with Crippen LogP contribution in [0.3, 0.4) is 0 Å². The summed E-state index contributed by atoms with van der Waals surface area (Å²) < 4.78 is 69.3. The Morgan fingerprint density at radius 1 is 0.435 bits per heavy atom. The van der Waals surface area contributed by atoms with Crippen molar-refractivity contribution in [2.75, 3.05) is 68.1 Å². The van der Waals surface area contributed by atoms with Gasteiger partial charge in [0.15, 0.2) is 16.6 Å². The minimum Gasteiger partial charge on any atom is -0.437 e. The van der Waals surface area contributed by atoms with E-state index in [4.69, 9.17) is 48.1 Å². The maximum atomic E-state index is 9.19. The average Bonchev–Trinajstić information content (AvgIpc) is 2.88. The van der Waals surface area contributed by atoms with E-state index in [-0.39, 0.29) is 6.61 Å². The predicted octanol–water partition coefficient (Wildman–Crippen LogP) is 5.99. The van der Waals surface area contributed by atoms with Crippen molar-refractivity contribution >= 4 is 59.7 Å². The topological polar surface area (TPSA) is 122 Å². The SMILES string of the molecule is COCCOCCC[Si](C)(O[Si](C)(CC[Si](OC)(OC)OC)O[Si](C)(C)C)O[Si](C)(CCCOCCO)O[Si](C)(C)O[Si](C)(C)C. The van der Waals surface area contributed by atoms with E-state index >= 15 is 0 Å². The molecule has 0 aromatic heterocycles. The molecule has 0 aliphatic heterocycles. The van der Waals surface area contributed by atoms with E-state index in [2.05, 4.69) is 72.0 Å². The van der Waals surface area contributed by atoms with Gasteiger partial charge >= 0.3 is 43.0 Å². The lowest BCUT2D eigenvalue weighted by atomic mass is 10.5. The second-order valence-corrected chi connectivity index (χ2v) is 41.2. The van der Waals surface area contributed by atoms with Gasteiger partial charge in [-0.3, -0.25) is 0 Å². The van der Waals surface area contributed by atoms with Crippen LogP contribution >= 0.6 is 0 Å². The Kier molecular flexibility index (Phi) is 21.9. The predicted molar refractivity (Wildman–Crippen MR) is 200 cm³/mol. The third kappa shape index (κ3) is 21.3. The van der Waals surface area contributed by atoms with Gasteiger partial charge in [0.2, 0.25) is 0 Å². The molecule has 0 saturated heterocycles. The average molecular weight is 783 g/mol. The Hall–Kier alpha value is 1.04. The molecule has 0 fully saturated rings. The zero-order valence-corrected chi connectivity index (χ0v) is 38.9. The first-order valence-corrected chi connectivity index (χ1v) is 35.6. The Balaban J connectivity index is 6.59. The summed E-state index contributed by atoms with van der Waals surface area (Å²) >= 11 is 0. The summed E-state index contributed by atoms with van der Waals surface area (Å²) in [5.74, 6) is 0. The molecule has 0 aliphatic carbocycles. The lowest BCUT2D eigenvalue weighted by molar-refractivity contribution is 0.0702. The molecule has 0 rings (SSSR count). The quantitative estimate of drug-likeness (QED) is 0.0709. The Morgan fingerprint density at radius 2 is 0.870 bits per heavy atom. The van der Waals surface area contributed by atoms with Crippen LogP contribution in [0.15, 0.2) is 0 Å². The van der Waals surface area contributed by atoms with Gasteiger partial charge in [0.05, 0.1) is 26.4 Å². The van der Waals surface area contributed by atoms with E-state index in [9.17, 15) is 5.11 Å². The molecule has 19 heteroatoms. The zero-order chi connectivity index (χ0) is 35.8. The Morgan fingerprint density at radius 3 is 1.28 bits per heavy atom. The van der Waals surface area contributed by atoms with Crippen molar-refractivity contribution in [2.24, 2.45) is 0 Å². The summed E-state index contributed by atoms with van der Waals surface area (Å²) in [4.78, 5) is 0. The highest BCUT2D eigenvalue weighted by molar-refractivity contribution is 6.92. The molecule has 1 N–H and O–H groups in total. The number of rotatable bonds is 29. The zero-order valence-electron chi connectivity index (χ0n) is 31.9.